The van der Waals surface area contributed by atoms with Gasteiger partial charge in [0.05, 0.1) is 5.69 Å². The van der Waals surface area contributed by atoms with E-state index in [0.717, 1.165) is 45.7 Å². The van der Waals surface area contributed by atoms with Crippen molar-refractivity contribution in [3.8, 4) is 0 Å². The fourth-order valence-electron chi connectivity index (χ4n) is 3.76. The molecule has 0 saturated carbocycles. The molecule has 3 amide bonds. The smallest absolute Gasteiger partial charge is 0.263 e. The Bertz CT molecular complexity index is 1120. The van der Waals surface area contributed by atoms with Gasteiger partial charge >= 0.3 is 0 Å². The third-order valence-corrected chi connectivity index (χ3v) is 5.33. The fourth-order valence-corrected chi connectivity index (χ4v) is 3.76. The van der Waals surface area contributed by atoms with Crippen LogP contribution in [0.3, 0.4) is 0 Å². The number of carbonyl (C=O) groups is 3. The summed E-state index contributed by atoms with van der Waals surface area (Å²) in [7, 11) is 0. The van der Waals surface area contributed by atoms with E-state index >= 15 is 0 Å². The third kappa shape index (κ3) is 3.54. The van der Waals surface area contributed by atoms with Gasteiger partial charge in [-0.25, -0.2) is 13.7 Å². The lowest BCUT2D eigenvalue weighted by atomic mass is 10.1. The molecule has 0 aliphatic carbocycles. The van der Waals surface area contributed by atoms with Crippen LogP contribution in [0.15, 0.2) is 46.7 Å². The van der Waals surface area contributed by atoms with Crippen molar-refractivity contribution in [3.05, 3.63) is 59.2 Å². The molecule has 2 atom stereocenters. The number of para-hydroxylation sites is 1. The molecule has 0 spiro atoms. The third-order valence-electron chi connectivity index (χ3n) is 5.33. The Balaban J connectivity index is 1.52. The molecule has 1 fully saturated rings. The second-order valence-electron chi connectivity index (χ2n) is 7.31. The SMILES string of the molecule is CCc1cccc(C)c1NC(=O)CN1N=N[C@H]2C(=O)N(c3ccc(F)c(F)c3)C(=O)[C@H]21. The van der Waals surface area contributed by atoms with Crippen molar-refractivity contribution >= 4 is 29.1 Å². The van der Waals surface area contributed by atoms with Crippen LogP contribution in [0.25, 0.3) is 0 Å². The maximum Gasteiger partial charge on any atom is 0.263 e. The Kier molecular flexibility index (Phi) is 5.22. The molecule has 0 aromatic heterocycles. The summed E-state index contributed by atoms with van der Waals surface area (Å²) < 4.78 is 26.8. The van der Waals surface area contributed by atoms with E-state index < -0.39 is 41.4 Å². The summed E-state index contributed by atoms with van der Waals surface area (Å²) >= 11 is 0. The zero-order valence-electron chi connectivity index (χ0n) is 16.8. The van der Waals surface area contributed by atoms with E-state index in [0.29, 0.717) is 5.69 Å². The number of fused-ring (bicyclic) bond motifs is 1. The van der Waals surface area contributed by atoms with E-state index in [2.05, 4.69) is 15.7 Å². The minimum absolute atomic E-state index is 0.101. The number of amides is 3. The molecule has 0 radical (unpaired) electrons. The van der Waals surface area contributed by atoms with E-state index in [1.807, 2.05) is 32.0 Å². The van der Waals surface area contributed by atoms with Gasteiger partial charge in [-0.05, 0) is 36.6 Å². The monoisotopic (exact) mass is 427 g/mol. The second-order valence-corrected chi connectivity index (χ2v) is 7.31. The van der Waals surface area contributed by atoms with Gasteiger partial charge in [0.25, 0.3) is 11.8 Å². The zero-order valence-corrected chi connectivity index (χ0v) is 16.8. The number of hydrogen-bond donors (Lipinski definition) is 1. The largest absolute Gasteiger partial charge is 0.324 e. The molecule has 31 heavy (non-hydrogen) atoms. The molecule has 10 heteroatoms. The van der Waals surface area contributed by atoms with Gasteiger partial charge in [-0.1, -0.05) is 30.3 Å². The van der Waals surface area contributed by atoms with Crippen LogP contribution >= 0.6 is 0 Å². The van der Waals surface area contributed by atoms with Crippen LogP contribution in [0.5, 0.6) is 0 Å². The Hall–Kier alpha value is -3.69. The quantitative estimate of drug-likeness (QED) is 0.743. The predicted octanol–water partition coefficient (Wildman–Crippen LogP) is 2.77. The Morgan fingerprint density at radius 2 is 1.90 bits per heavy atom. The summed E-state index contributed by atoms with van der Waals surface area (Å²) in [5, 5.41) is 11.6. The van der Waals surface area contributed by atoms with Crippen LogP contribution in [-0.2, 0) is 20.8 Å². The van der Waals surface area contributed by atoms with Gasteiger partial charge in [0.2, 0.25) is 5.91 Å². The van der Waals surface area contributed by atoms with Crippen molar-refractivity contribution in [1.29, 1.82) is 0 Å². The van der Waals surface area contributed by atoms with Crippen LogP contribution in [0.1, 0.15) is 18.1 Å². The van der Waals surface area contributed by atoms with Gasteiger partial charge in [-0.2, -0.15) is 5.11 Å². The number of nitrogens with zero attached hydrogens (tertiary/aromatic N) is 4. The highest BCUT2D eigenvalue weighted by Crippen LogP contribution is 2.32. The maximum absolute atomic E-state index is 13.6. The number of imide groups is 1. The highest BCUT2D eigenvalue weighted by atomic mass is 19.2. The van der Waals surface area contributed by atoms with Crippen LogP contribution in [0, 0.1) is 18.6 Å². The molecule has 2 heterocycles. The average molecular weight is 427 g/mol. The lowest BCUT2D eigenvalue weighted by Gasteiger charge is -2.21. The normalized spacial score (nSPS) is 19.9. The first kappa shape index (κ1) is 20.6. The van der Waals surface area contributed by atoms with Gasteiger partial charge in [0.15, 0.2) is 23.7 Å². The van der Waals surface area contributed by atoms with Crippen molar-refractivity contribution in [1.82, 2.24) is 5.01 Å². The average Bonchev–Trinajstić information content (AvgIpc) is 3.25. The van der Waals surface area contributed by atoms with Gasteiger partial charge < -0.3 is 5.32 Å². The van der Waals surface area contributed by atoms with Crippen molar-refractivity contribution in [2.75, 3.05) is 16.8 Å². The molecule has 2 aromatic rings. The van der Waals surface area contributed by atoms with Gasteiger partial charge in [0.1, 0.15) is 6.54 Å². The van der Waals surface area contributed by atoms with Crippen LogP contribution in [0.4, 0.5) is 20.2 Å². The highest BCUT2D eigenvalue weighted by molar-refractivity contribution is 6.25. The minimum Gasteiger partial charge on any atom is -0.324 e. The Labute approximate surface area is 176 Å². The van der Waals surface area contributed by atoms with E-state index in [9.17, 15) is 23.2 Å². The summed E-state index contributed by atoms with van der Waals surface area (Å²) in [4.78, 5) is 38.9. The van der Waals surface area contributed by atoms with Gasteiger partial charge in [0, 0.05) is 11.8 Å². The molecular weight excluding hydrogens is 408 g/mol. The van der Waals surface area contributed by atoms with E-state index in [-0.39, 0.29) is 12.2 Å². The van der Waals surface area contributed by atoms with Crippen molar-refractivity contribution in [2.45, 2.75) is 32.4 Å². The van der Waals surface area contributed by atoms with E-state index in [4.69, 9.17) is 0 Å². The maximum atomic E-state index is 13.6. The molecule has 1 saturated heterocycles. The molecule has 8 nitrogen and oxygen atoms in total. The first-order valence-electron chi connectivity index (χ1n) is 9.70. The molecule has 2 aliphatic heterocycles. The molecule has 2 aromatic carbocycles. The molecule has 4 rings (SSSR count). The molecule has 0 bridgehead atoms. The minimum atomic E-state index is -1.18. The second kappa shape index (κ2) is 7.86. The number of carbonyl (C=O) groups excluding carboxylic acids is 3. The molecule has 2 aliphatic rings. The Morgan fingerprint density at radius 1 is 1.13 bits per heavy atom. The summed E-state index contributed by atoms with van der Waals surface area (Å²) in [6, 6.07) is 6.16. The first-order chi connectivity index (χ1) is 14.8. The van der Waals surface area contributed by atoms with Crippen molar-refractivity contribution in [3.63, 3.8) is 0 Å². The number of halogens is 2. The number of anilines is 2. The summed E-state index contributed by atoms with van der Waals surface area (Å²) in [5.41, 5.74) is 2.45. The van der Waals surface area contributed by atoms with Crippen molar-refractivity contribution < 1.29 is 23.2 Å². The predicted molar refractivity (Wildman–Crippen MR) is 107 cm³/mol. The topological polar surface area (TPSA) is 94.4 Å². The Morgan fingerprint density at radius 3 is 2.61 bits per heavy atom. The molecule has 0 unspecified atom stereocenters. The van der Waals surface area contributed by atoms with Crippen LogP contribution in [-0.4, -0.2) is 41.4 Å². The summed E-state index contributed by atoms with van der Waals surface area (Å²) in [6.45, 7) is 3.55. The highest BCUT2D eigenvalue weighted by Gasteiger charge is 2.55. The lowest BCUT2D eigenvalue weighted by molar-refractivity contribution is -0.123. The standard InChI is InChI=1S/C21H19F2N5O3/c1-3-12-6-4-5-11(2)17(12)24-16(29)10-27-19-18(25-26-27)20(30)28(21(19)31)13-7-8-14(22)15(23)9-13/h4-9,18-19H,3,10H2,1-2H3,(H,24,29)/t18-,19+/m1/s1. The zero-order chi connectivity index (χ0) is 22.3. The summed E-state index contributed by atoms with van der Waals surface area (Å²) in [5.74, 6) is -4.11. The van der Waals surface area contributed by atoms with E-state index in [1.54, 1.807) is 0 Å². The number of benzene rings is 2. The number of hydrogen-bond acceptors (Lipinski definition) is 6. The molecule has 1 N–H and O–H groups in total. The number of aryl methyl sites for hydroxylation is 2. The molecule has 160 valence electrons. The van der Waals surface area contributed by atoms with Gasteiger partial charge in [-0.15, -0.1) is 0 Å². The summed E-state index contributed by atoms with van der Waals surface area (Å²) in [6.07, 6.45) is 0.724. The number of rotatable bonds is 5. The van der Waals surface area contributed by atoms with Gasteiger partial charge in [-0.3, -0.25) is 19.4 Å². The first-order valence-corrected chi connectivity index (χ1v) is 9.70. The lowest BCUT2D eigenvalue weighted by Crippen LogP contribution is -2.43. The van der Waals surface area contributed by atoms with Crippen LogP contribution in [0.2, 0.25) is 0 Å². The van der Waals surface area contributed by atoms with Crippen molar-refractivity contribution in [2.24, 2.45) is 10.3 Å². The van der Waals surface area contributed by atoms with E-state index in [1.165, 1.54) is 0 Å². The molecular formula is C21H19F2N5O3. The van der Waals surface area contributed by atoms with Crippen LogP contribution < -0.4 is 10.2 Å². The fraction of sp³-hybridized carbons (Fsp3) is 0.286. The number of nitrogens with one attached hydrogen (secondary N) is 1.